The van der Waals surface area contributed by atoms with Crippen molar-refractivity contribution < 1.29 is 18.6 Å². The normalized spacial score (nSPS) is 14.9. The van der Waals surface area contributed by atoms with Crippen LogP contribution in [0, 0.1) is 5.82 Å². The smallest absolute Gasteiger partial charge is 0.190 e. The third-order valence-electron chi connectivity index (χ3n) is 6.13. The molecule has 0 saturated carbocycles. The standard InChI is InChI=1S/C25H28FN7O3/c1-31-16-17(14-28-31)21-15-27-19-4-5-23(29-20-12-18(34-2)13-22(35-3)24(20)26)33(25(19)30-21)7-6-32-8-10-36-11-9-32/h4-5,12-16H,6-11H2,1-3H3/b29-23+. The SMILES string of the molecule is COc1cc(/N=c2\ccc3ncc(-c4cnn(C)c4)nc3n2CCN2CCOCC2)c(F)c(OC)c1. The molecular formula is C25H28FN7O3. The molecule has 1 saturated heterocycles. The summed E-state index contributed by atoms with van der Waals surface area (Å²) in [6.07, 6.45) is 5.37. The van der Waals surface area contributed by atoms with Crippen molar-refractivity contribution in [2.45, 2.75) is 6.54 Å². The first kappa shape index (κ1) is 23.9. The number of methoxy groups -OCH3 is 2. The molecule has 0 spiro atoms. The lowest BCUT2D eigenvalue weighted by molar-refractivity contribution is 0.0364. The molecule has 5 rings (SSSR count). The van der Waals surface area contributed by atoms with Crippen molar-refractivity contribution in [3.8, 4) is 22.8 Å². The third-order valence-corrected chi connectivity index (χ3v) is 6.13. The number of nitrogens with zero attached hydrogens (tertiary/aromatic N) is 7. The van der Waals surface area contributed by atoms with E-state index in [9.17, 15) is 0 Å². The van der Waals surface area contributed by atoms with Gasteiger partial charge in [0.1, 0.15) is 22.4 Å². The number of halogens is 1. The molecule has 0 unspecified atom stereocenters. The van der Waals surface area contributed by atoms with Crippen molar-refractivity contribution in [1.29, 1.82) is 0 Å². The summed E-state index contributed by atoms with van der Waals surface area (Å²) < 4.78 is 34.8. The van der Waals surface area contributed by atoms with Gasteiger partial charge in [-0.05, 0) is 12.1 Å². The fourth-order valence-electron chi connectivity index (χ4n) is 4.16. The molecule has 36 heavy (non-hydrogen) atoms. The molecule has 0 amide bonds. The maximum absolute atomic E-state index is 15.1. The molecule has 4 heterocycles. The highest BCUT2D eigenvalue weighted by atomic mass is 19.1. The van der Waals surface area contributed by atoms with E-state index in [2.05, 4.69) is 20.0 Å². The van der Waals surface area contributed by atoms with Gasteiger partial charge in [-0.2, -0.15) is 5.10 Å². The Morgan fingerprint density at radius 1 is 1.08 bits per heavy atom. The Hall–Kier alpha value is -3.83. The summed E-state index contributed by atoms with van der Waals surface area (Å²) in [5.74, 6) is -0.0490. The molecule has 0 atom stereocenters. The lowest BCUT2D eigenvalue weighted by Gasteiger charge is -2.27. The minimum Gasteiger partial charge on any atom is -0.497 e. The zero-order valence-electron chi connectivity index (χ0n) is 20.5. The Kier molecular flexibility index (Phi) is 6.92. The van der Waals surface area contributed by atoms with Crippen molar-refractivity contribution >= 4 is 16.9 Å². The summed E-state index contributed by atoms with van der Waals surface area (Å²) in [4.78, 5) is 16.6. The summed E-state index contributed by atoms with van der Waals surface area (Å²) >= 11 is 0. The van der Waals surface area contributed by atoms with Gasteiger partial charge in [0.05, 0.1) is 45.5 Å². The molecule has 1 aliphatic heterocycles. The lowest BCUT2D eigenvalue weighted by Crippen LogP contribution is -2.39. The van der Waals surface area contributed by atoms with E-state index in [1.54, 1.807) is 23.1 Å². The highest BCUT2D eigenvalue weighted by Gasteiger charge is 2.15. The fraction of sp³-hybridized carbons (Fsp3) is 0.360. The van der Waals surface area contributed by atoms with Crippen molar-refractivity contribution in [3.63, 3.8) is 0 Å². The van der Waals surface area contributed by atoms with Gasteiger partial charge < -0.3 is 18.8 Å². The van der Waals surface area contributed by atoms with Crippen LogP contribution in [0.2, 0.25) is 0 Å². The topological polar surface area (TPSA) is 91.8 Å². The number of fused-ring (bicyclic) bond motifs is 1. The summed E-state index contributed by atoms with van der Waals surface area (Å²) in [6, 6.07) is 6.71. The predicted molar refractivity (Wildman–Crippen MR) is 132 cm³/mol. The van der Waals surface area contributed by atoms with Crippen LogP contribution >= 0.6 is 0 Å². The minimum atomic E-state index is -0.562. The number of benzene rings is 1. The predicted octanol–water partition coefficient (Wildman–Crippen LogP) is 2.55. The van der Waals surface area contributed by atoms with Gasteiger partial charge in [-0.15, -0.1) is 0 Å². The van der Waals surface area contributed by atoms with Crippen LogP contribution < -0.4 is 15.0 Å². The number of hydrogen-bond acceptors (Lipinski definition) is 8. The van der Waals surface area contributed by atoms with E-state index in [-0.39, 0.29) is 11.4 Å². The van der Waals surface area contributed by atoms with Crippen LogP contribution in [-0.2, 0) is 18.3 Å². The first-order valence-electron chi connectivity index (χ1n) is 11.7. The zero-order valence-corrected chi connectivity index (χ0v) is 20.5. The molecule has 188 valence electrons. The molecule has 1 aromatic carbocycles. The van der Waals surface area contributed by atoms with Crippen LogP contribution in [0.15, 0.2) is 47.8 Å². The highest BCUT2D eigenvalue weighted by Crippen LogP contribution is 2.32. The Bertz CT molecular complexity index is 1440. The van der Waals surface area contributed by atoms with E-state index < -0.39 is 5.82 Å². The van der Waals surface area contributed by atoms with Crippen LogP contribution in [0.5, 0.6) is 11.5 Å². The number of rotatable bonds is 7. The second-order valence-electron chi connectivity index (χ2n) is 8.44. The van der Waals surface area contributed by atoms with Crippen LogP contribution in [0.4, 0.5) is 10.1 Å². The number of ether oxygens (including phenoxy) is 3. The fourth-order valence-corrected chi connectivity index (χ4v) is 4.16. The van der Waals surface area contributed by atoms with Crippen LogP contribution in [0.25, 0.3) is 22.4 Å². The Balaban J connectivity index is 1.66. The van der Waals surface area contributed by atoms with E-state index >= 15 is 4.39 Å². The summed E-state index contributed by atoms with van der Waals surface area (Å²) in [6.45, 7) is 4.47. The average Bonchev–Trinajstić information content (AvgIpc) is 3.35. The first-order valence-corrected chi connectivity index (χ1v) is 11.7. The maximum Gasteiger partial charge on any atom is 0.190 e. The molecule has 0 N–H and O–H groups in total. The molecule has 3 aromatic heterocycles. The molecule has 1 fully saturated rings. The Morgan fingerprint density at radius 2 is 1.92 bits per heavy atom. The van der Waals surface area contributed by atoms with Gasteiger partial charge in [0.15, 0.2) is 17.2 Å². The van der Waals surface area contributed by atoms with Crippen LogP contribution in [0.1, 0.15) is 0 Å². The van der Waals surface area contributed by atoms with E-state index in [1.807, 2.05) is 29.9 Å². The van der Waals surface area contributed by atoms with Gasteiger partial charge in [-0.25, -0.2) is 14.4 Å². The number of pyridine rings is 1. The molecule has 0 bridgehead atoms. The third kappa shape index (κ3) is 4.93. The lowest BCUT2D eigenvalue weighted by atomic mass is 10.2. The molecule has 0 radical (unpaired) electrons. The van der Waals surface area contributed by atoms with Gasteiger partial charge in [0.2, 0.25) is 0 Å². The van der Waals surface area contributed by atoms with Gasteiger partial charge in [0.25, 0.3) is 0 Å². The van der Waals surface area contributed by atoms with E-state index in [0.29, 0.717) is 47.9 Å². The second kappa shape index (κ2) is 10.4. The number of morpholine rings is 1. The largest absolute Gasteiger partial charge is 0.497 e. The van der Waals surface area contributed by atoms with Gasteiger partial charge in [0, 0.05) is 57.1 Å². The average molecular weight is 494 g/mol. The molecule has 10 nitrogen and oxygen atoms in total. The van der Waals surface area contributed by atoms with Crippen molar-refractivity contribution in [3.05, 3.63) is 54.2 Å². The number of aromatic nitrogens is 5. The molecular weight excluding hydrogens is 465 g/mol. The summed E-state index contributed by atoms with van der Waals surface area (Å²) in [5, 5.41) is 4.25. The van der Waals surface area contributed by atoms with Crippen molar-refractivity contribution in [2.24, 2.45) is 12.0 Å². The van der Waals surface area contributed by atoms with Crippen LogP contribution in [0.3, 0.4) is 0 Å². The first-order chi connectivity index (χ1) is 17.6. The maximum atomic E-state index is 15.1. The molecule has 0 aliphatic carbocycles. The Morgan fingerprint density at radius 3 is 2.64 bits per heavy atom. The van der Waals surface area contributed by atoms with Crippen molar-refractivity contribution in [2.75, 3.05) is 47.1 Å². The monoisotopic (exact) mass is 493 g/mol. The van der Waals surface area contributed by atoms with E-state index in [1.165, 1.54) is 20.3 Å². The van der Waals surface area contributed by atoms with Gasteiger partial charge in [-0.1, -0.05) is 0 Å². The highest BCUT2D eigenvalue weighted by molar-refractivity contribution is 5.73. The number of hydrogen-bond donors (Lipinski definition) is 0. The second-order valence-corrected chi connectivity index (χ2v) is 8.44. The zero-order chi connectivity index (χ0) is 25.1. The molecule has 11 heteroatoms. The van der Waals surface area contributed by atoms with Crippen molar-refractivity contribution in [1.82, 2.24) is 29.2 Å². The van der Waals surface area contributed by atoms with Gasteiger partial charge in [-0.3, -0.25) is 14.6 Å². The Labute approximate surface area is 207 Å². The molecule has 1 aliphatic rings. The quantitative estimate of drug-likeness (QED) is 0.391. The van der Waals surface area contributed by atoms with E-state index in [0.717, 1.165) is 25.2 Å². The molecule has 4 aromatic rings. The minimum absolute atomic E-state index is 0.0624. The summed E-state index contributed by atoms with van der Waals surface area (Å²) in [5.41, 5.74) is 3.58. The van der Waals surface area contributed by atoms with Gasteiger partial charge >= 0.3 is 0 Å². The van der Waals surface area contributed by atoms with Crippen LogP contribution in [-0.4, -0.2) is 76.3 Å². The number of aryl methyl sites for hydroxylation is 1. The van der Waals surface area contributed by atoms with E-state index in [4.69, 9.17) is 19.2 Å². The summed E-state index contributed by atoms with van der Waals surface area (Å²) in [7, 11) is 4.79.